The largest absolute Gasteiger partial charge is 0.270 e. The first-order valence-electron chi connectivity index (χ1n) is 8.61. The van der Waals surface area contributed by atoms with Crippen LogP contribution in [0.2, 0.25) is 0 Å². The first-order valence-corrected chi connectivity index (χ1v) is 9.60. The van der Waals surface area contributed by atoms with Gasteiger partial charge in [0.25, 0.3) is 0 Å². The van der Waals surface area contributed by atoms with Gasteiger partial charge in [0.05, 0.1) is 0 Å². The second kappa shape index (κ2) is 7.90. The first kappa shape index (κ1) is 18.3. The lowest BCUT2D eigenvalue weighted by atomic mass is 10.2. The van der Waals surface area contributed by atoms with E-state index in [-0.39, 0.29) is 11.3 Å². The summed E-state index contributed by atoms with van der Waals surface area (Å²) in [6.07, 6.45) is 3.41. The molecule has 0 radical (unpaired) electrons. The van der Waals surface area contributed by atoms with Gasteiger partial charge in [0, 0.05) is 35.0 Å². The molecule has 0 aliphatic rings. The highest BCUT2D eigenvalue weighted by atomic mass is 32.2. The Hall–Kier alpha value is -3.06. The number of rotatable bonds is 5. The number of aromatic nitrogens is 4. The van der Waals surface area contributed by atoms with Gasteiger partial charge in [-0.3, -0.25) is 9.55 Å². The van der Waals surface area contributed by atoms with Crippen molar-refractivity contribution in [1.29, 1.82) is 0 Å². The summed E-state index contributed by atoms with van der Waals surface area (Å²) in [4.78, 5) is 4.15. The summed E-state index contributed by atoms with van der Waals surface area (Å²) in [5.74, 6) is -0.0318. The van der Waals surface area contributed by atoms with Crippen LogP contribution in [0.5, 0.6) is 0 Å². The Bertz CT molecular complexity index is 1100. The van der Waals surface area contributed by atoms with E-state index in [1.54, 1.807) is 12.4 Å². The van der Waals surface area contributed by atoms with Gasteiger partial charge in [-0.15, -0.1) is 10.2 Å². The summed E-state index contributed by atoms with van der Waals surface area (Å²) in [5.41, 5.74) is 3.12. The molecule has 0 bridgehead atoms. The van der Waals surface area contributed by atoms with Crippen LogP contribution >= 0.6 is 11.8 Å². The highest BCUT2D eigenvalue weighted by Gasteiger charge is 2.17. The molecule has 0 aliphatic heterocycles. The van der Waals surface area contributed by atoms with Crippen LogP contribution in [-0.2, 0) is 5.75 Å². The van der Waals surface area contributed by atoms with Crippen molar-refractivity contribution >= 4 is 11.8 Å². The number of pyridine rings is 1. The molecule has 140 valence electrons. The van der Waals surface area contributed by atoms with E-state index in [4.69, 9.17) is 0 Å². The van der Waals surface area contributed by atoms with Crippen LogP contribution in [0.3, 0.4) is 0 Å². The minimum atomic E-state index is -0.465. The minimum Gasteiger partial charge on any atom is -0.270 e. The van der Waals surface area contributed by atoms with Gasteiger partial charge in [-0.25, -0.2) is 8.78 Å². The monoisotopic (exact) mass is 394 g/mol. The molecule has 2 heterocycles. The Labute approximate surface area is 165 Å². The fourth-order valence-electron chi connectivity index (χ4n) is 2.77. The maximum Gasteiger partial charge on any atom is 0.196 e. The van der Waals surface area contributed by atoms with Crippen LogP contribution < -0.4 is 0 Å². The summed E-state index contributed by atoms with van der Waals surface area (Å²) in [6, 6.07) is 15.1. The third-order valence-electron chi connectivity index (χ3n) is 4.21. The fourth-order valence-corrected chi connectivity index (χ4v) is 3.69. The summed E-state index contributed by atoms with van der Waals surface area (Å²) in [7, 11) is 0. The van der Waals surface area contributed by atoms with Gasteiger partial charge in [0.15, 0.2) is 11.0 Å². The number of nitrogens with zero attached hydrogens (tertiary/aromatic N) is 4. The van der Waals surface area contributed by atoms with Crippen LogP contribution in [0.15, 0.2) is 72.1 Å². The zero-order chi connectivity index (χ0) is 19.5. The average molecular weight is 394 g/mol. The van der Waals surface area contributed by atoms with Gasteiger partial charge < -0.3 is 0 Å². The molecule has 0 aliphatic carbocycles. The molecule has 28 heavy (non-hydrogen) atoms. The van der Waals surface area contributed by atoms with Crippen molar-refractivity contribution in [3.63, 3.8) is 0 Å². The van der Waals surface area contributed by atoms with Crippen molar-refractivity contribution in [3.05, 3.63) is 89.8 Å². The highest BCUT2D eigenvalue weighted by Crippen LogP contribution is 2.30. The normalized spacial score (nSPS) is 11.0. The van der Waals surface area contributed by atoms with Gasteiger partial charge in [-0.1, -0.05) is 29.5 Å². The molecule has 7 heteroatoms. The zero-order valence-corrected chi connectivity index (χ0v) is 15.8. The highest BCUT2D eigenvalue weighted by molar-refractivity contribution is 7.98. The van der Waals surface area contributed by atoms with Crippen molar-refractivity contribution in [2.24, 2.45) is 0 Å². The fraction of sp³-hybridized carbons (Fsp3) is 0.0952. The van der Waals surface area contributed by atoms with Crippen LogP contribution in [-0.4, -0.2) is 19.7 Å². The maximum absolute atomic E-state index is 14.0. The summed E-state index contributed by atoms with van der Waals surface area (Å²) in [6.45, 7) is 2.01. The minimum absolute atomic E-state index is 0.237. The van der Waals surface area contributed by atoms with Crippen molar-refractivity contribution in [2.45, 2.75) is 17.8 Å². The molecule has 4 nitrogen and oxygen atoms in total. The third-order valence-corrected chi connectivity index (χ3v) is 5.19. The van der Waals surface area contributed by atoms with E-state index in [0.717, 1.165) is 28.9 Å². The second-order valence-electron chi connectivity index (χ2n) is 6.24. The number of hydrogen-bond donors (Lipinski definition) is 0. The van der Waals surface area contributed by atoms with Gasteiger partial charge >= 0.3 is 0 Å². The Kier molecular flexibility index (Phi) is 5.16. The van der Waals surface area contributed by atoms with Gasteiger partial charge in [0.2, 0.25) is 0 Å². The third kappa shape index (κ3) is 3.80. The predicted octanol–water partition coefficient (Wildman–Crippen LogP) is 5.21. The molecule has 0 spiro atoms. The molecule has 4 rings (SSSR count). The molecular weight excluding hydrogens is 378 g/mol. The standard InChI is InChI=1S/C21H16F2N4S/c1-14-4-7-18(8-5-14)27-20(15-3-2-10-24-12-15)25-26-21(27)28-13-16-11-17(22)6-9-19(16)23/h2-12H,13H2,1H3. The van der Waals surface area contributed by atoms with E-state index in [9.17, 15) is 8.78 Å². The molecule has 0 N–H and O–H groups in total. The van der Waals surface area contributed by atoms with Crippen molar-refractivity contribution in [1.82, 2.24) is 19.7 Å². The molecule has 2 aromatic carbocycles. The van der Waals surface area contributed by atoms with E-state index in [1.807, 2.05) is 47.9 Å². The van der Waals surface area contributed by atoms with Crippen molar-refractivity contribution in [3.8, 4) is 17.1 Å². The number of aryl methyl sites for hydroxylation is 1. The lowest BCUT2D eigenvalue weighted by Gasteiger charge is -2.11. The summed E-state index contributed by atoms with van der Waals surface area (Å²) >= 11 is 1.30. The Morgan fingerprint density at radius 3 is 2.57 bits per heavy atom. The van der Waals surface area contributed by atoms with E-state index < -0.39 is 11.6 Å². The molecule has 4 aromatic rings. The average Bonchev–Trinajstić information content (AvgIpc) is 3.14. The molecular formula is C21H16F2N4S. The lowest BCUT2D eigenvalue weighted by Crippen LogP contribution is -2.00. The van der Waals surface area contributed by atoms with Crippen LogP contribution in [0.4, 0.5) is 8.78 Å². The van der Waals surface area contributed by atoms with Crippen molar-refractivity contribution in [2.75, 3.05) is 0 Å². The van der Waals surface area contributed by atoms with Crippen LogP contribution in [0.25, 0.3) is 17.1 Å². The van der Waals surface area contributed by atoms with E-state index in [0.29, 0.717) is 11.0 Å². The molecule has 0 saturated heterocycles. The van der Waals surface area contributed by atoms with Crippen LogP contribution in [0.1, 0.15) is 11.1 Å². The van der Waals surface area contributed by atoms with E-state index >= 15 is 0 Å². The SMILES string of the molecule is Cc1ccc(-n2c(SCc3cc(F)ccc3F)nnc2-c2cccnc2)cc1. The topological polar surface area (TPSA) is 43.6 Å². The Morgan fingerprint density at radius 1 is 1.00 bits per heavy atom. The van der Waals surface area contributed by atoms with Crippen LogP contribution in [0, 0.1) is 18.6 Å². The van der Waals surface area contributed by atoms with Crippen molar-refractivity contribution < 1.29 is 8.78 Å². The van der Waals surface area contributed by atoms with E-state index in [2.05, 4.69) is 15.2 Å². The molecule has 0 unspecified atom stereocenters. The molecule has 2 aromatic heterocycles. The molecule has 0 saturated carbocycles. The zero-order valence-electron chi connectivity index (χ0n) is 15.0. The maximum atomic E-state index is 14.0. The lowest BCUT2D eigenvalue weighted by molar-refractivity contribution is 0.591. The van der Waals surface area contributed by atoms with Gasteiger partial charge in [-0.05, 0) is 49.4 Å². The number of thioether (sulfide) groups is 1. The molecule has 0 fully saturated rings. The molecule has 0 atom stereocenters. The van der Waals surface area contributed by atoms with Gasteiger partial charge in [0.1, 0.15) is 11.6 Å². The number of benzene rings is 2. The first-order chi connectivity index (χ1) is 13.6. The van der Waals surface area contributed by atoms with Gasteiger partial charge in [-0.2, -0.15) is 0 Å². The smallest absolute Gasteiger partial charge is 0.196 e. The quantitative estimate of drug-likeness (QED) is 0.436. The Morgan fingerprint density at radius 2 is 1.82 bits per heavy atom. The molecule has 0 amide bonds. The summed E-state index contributed by atoms with van der Waals surface area (Å²) in [5, 5.41) is 9.20. The number of halogens is 2. The Balaban J connectivity index is 1.74. The van der Waals surface area contributed by atoms with E-state index in [1.165, 1.54) is 17.8 Å². The predicted molar refractivity (Wildman–Crippen MR) is 105 cm³/mol. The number of hydrogen-bond acceptors (Lipinski definition) is 4. The summed E-state index contributed by atoms with van der Waals surface area (Å²) < 4.78 is 29.3. The second-order valence-corrected chi connectivity index (χ2v) is 7.19.